The van der Waals surface area contributed by atoms with Gasteiger partial charge in [-0.2, -0.15) is 0 Å². The second kappa shape index (κ2) is 4.97. The molecule has 2 heteroatoms. The summed E-state index contributed by atoms with van der Waals surface area (Å²) in [5, 5.41) is 10.7. The minimum absolute atomic E-state index is 0.0269. The summed E-state index contributed by atoms with van der Waals surface area (Å²) in [6.45, 7) is 7.10. The zero-order valence-corrected chi connectivity index (χ0v) is 14.8. The van der Waals surface area contributed by atoms with Crippen LogP contribution in [0.2, 0.25) is 0 Å². The Balaban J connectivity index is 1.71. The number of aliphatic hydroxyl groups is 1. The Morgan fingerprint density at radius 3 is 2.65 bits per heavy atom. The molecule has 4 aliphatic rings. The van der Waals surface area contributed by atoms with Gasteiger partial charge in [0.1, 0.15) is 5.76 Å². The van der Waals surface area contributed by atoms with Gasteiger partial charge in [0.25, 0.3) is 0 Å². The molecule has 2 nitrogen and oxygen atoms in total. The number of ketones is 1. The third kappa shape index (κ3) is 1.90. The quantitative estimate of drug-likeness (QED) is 0.721. The molecule has 0 aromatic carbocycles. The van der Waals surface area contributed by atoms with E-state index in [0.717, 1.165) is 24.2 Å². The smallest absolute Gasteiger partial charge is 0.181 e. The Bertz CT molecular complexity index is 601. The number of allylic oxidation sites excluding steroid dienone is 3. The van der Waals surface area contributed by atoms with Gasteiger partial charge in [0.2, 0.25) is 0 Å². The molecule has 0 amide bonds. The summed E-state index contributed by atoms with van der Waals surface area (Å²) in [5.74, 6) is 3.24. The predicted molar refractivity (Wildman–Crippen MR) is 92.0 cm³/mol. The van der Waals surface area contributed by atoms with Crippen LogP contribution in [0.15, 0.2) is 23.5 Å². The molecular weight excluding hydrogens is 284 g/mol. The number of carbonyl (C=O) groups excluding carboxylic acids is 1. The second-order valence-corrected chi connectivity index (χ2v) is 8.95. The molecule has 4 rings (SSSR count). The molecule has 0 unspecified atom stereocenters. The molecule has 0 saturated heterocycles. The Morgan fingerprint density at radius 2 is 1.91 bits per heavy atom. The largest absolute Gasteiger partial charge is 0.511 e. The van der Waals surface area contributed by atoms with E-state index in [2.05, 4.69) is 20.8 Å². The van der Waals surface area contributed by atoms with E-state index in [4.69, 9.17) is 0 Å². The lowest BCUT2D eigenvalue weighted by atomic mass is 9.47. The van der Waals surface area contributed by atoms with E-state index in [9.17, 15) is 9.90 Å². The van der Waals surface area contributed by atoms with E-state index in [-0.39, 0.29) is 11.2 Å². The first-order chi connectivity index (χ1) is 10.9. The van der Waals surface area contributed by atoms with Gasteiger partial charge in [-0.3, -0.25) is 4.79 Å². The first-order valence-electron chi connectivity index (χ1n) is 9.57. The van der Waals surface area contributed by atoms with E-state index in [1.165, 1.54) is 50.2 Å². The lowest BCUT2D eigenvalue weighted by Gasteiger charge is -2.57. The molecule has 0 bridgehead atoms. The number of hydrogen-bond donors (Lipinski definition) is 1. The molecule has 3 saturated carbocycles. The molecule has 1 N–H and O–H groups in total. The third-order valence-corrected chi connectivity index (χ3v) is 8.41. The molecular formula is C21H30O2. The standard InChI is InChI=1S/C21H30O2/c1-4-13-6-8-17-16-7-5-14-11-15(22)12-19(23)21(14,3)18(16)9-10-20(13,17)2/h11-13,16-18,23H,4-10H2,1-3H3/t13-,16-,17-,18-,20+,21-/m0/s1. The van der Waals surface area contributed by atoms with Crippen LogP contribution in [0.5, 0.6) is 0 Å². The Morgan fingerprint density at radius 1 is 1.13 bits per heavy atom. The molecule has 126 valence electrons. The zero-order chi connectivity index (χ0) is 16.4. The van der Waals surface area contributed by atoms with Crippen LogP contribution >= 0.6 is 0 Å². The van der Waals surface area contributed by atoms with Gasteiger partial charge in [-0.25, -0.2) is 0 Å². The van der Waals surface area contributed by atoms with Crippen molar-refractivity contribution >= 4 is 5.78 Å². The molecule has 0 radical (unpaired) electrons. The number of hydrogen-bond acceptors (Lipinski definition) is 2. The summed E-state index contributed by atoms with van der Waals surface area (Å²) in [6, 6.07) is 0. The molecule has 4 aliphatic carbocycles. The molecule has 3 fully saturated rings. The van der Waals surface area contributed by atoms with Gasteiger partial charge in [-0.05, 0) is 80.6 Å². The van der Waals surface area contributed by atoms with Crippen LogP contribution in [-0.2, 0) is 4.79 Å². The highest BCUT2D eigenvalue weighted by atomic mass is 16.3. The van der Waals surface area contributed by atoms with Gasteiger partial charge < -0.3 is 5.11 Å². The maximum atomic E-state index is 11.8. The topological polar surface area (TPSA) is 37.3 Å². The fraction of sp³-hybridized carbons (Fsp3) is 0.762. The highest BCUT2D eigenvalue weighted by Gasteiger charge is 2.59. The van der Waals surface area contributed by atoms with E-state index in [1.54, 1.807) is 0 Å². The van der Waals surface area contributed by atoms with Gasteiger partial charge in [-0.1, -0.05) is 25.8 Å². The maximum absolute atomic E-state index is 11.8. The molecule has 0 spiro atoms. The first-order valence-corrected chi connectivity index (χ1v) is 9.57. The number of carbonyl (C=O) groups is 1. The number of rotatable bonds is 1. The predicted octanol–water partition coefficient (Wildman–Crippen LogP) is 5.21. The molecule has 23 heavy (non-hydrogen) atoms. The van der Waals surface area contributed by atoms with Crippen molar-refractivity contribution in [1.29, 1.82) is 0 Å². The van der Waals surface area contributed by atoms with Crippen LogP contribution in [-0.4, -0.2) is 10.9 Å². The van der Waals surface area contributed by atoms with Gasteiger partial charge in [0.05, 0.1) is 0 Å². The monoisotopic (exact) mass is 314 g/mol. The first kappa shape index (κ1) is 15.5. The second-order valence-electron chi connectivity index (χ2n) is 8.95. The van der Waals surface area contributed by atoms with Crippen LogP contribution in [0.3, 0.4) is 0 Å². The fourth-order valence-electron chi connectivity index (χ4n) is 7.08. The average Bonchev–Trinajstić information content (AvgIpc) is 2.85. The highest BCUT2D eigenvalue weighted by Crippen LogP contribution is 2.67. The van der Waals surface area contributed by atoms with E-state index >= 15 is 0 Å². The minimum atomic E-state index is -0.275. The van der Waals surface area contributed by atoms with Crippen LogP contribution in [0.25, 0.3) is 0 Å². The maximum Gasteiger partial charge on any atom is 0.181 e. The van der Waals surface area contributed by atoms with Crippen LogP contribution in [0, 0.1) is 34.5 Å². The van der Waals surface area contributed by atoms with Gasteiger partial charge in [-0.15, -0.1) is 0 Å². The van der Waals surface area contributed by atoms with Crippen LogP contribution < -0.4 is 0 Å². The van der Waals surface area contributed by atoms with Crippen LogP contribution in [0.4, 0.5) is 0 Å². The summed E-state index contributed by atoms with van der Waals surface area (Å²) < 4.78 is 0. The molecule has 0 heterocycles. The average molecular weight is 314 g/mol. The summed E-state index contributed by atoms with van der Waals surface area (Å²) >= 11 is 0. The van der Waals surface area contributed by atoms with Crippen molar-refractivity contribution in [2.75, 3.05) is 0 Å². The molecule has 6 atom stereocenters. The van der Waals surface area contributed by atoms with E-state index in [1.807, 2.05) is 6.08 Å². The Kier molecular flexibility index (Phi) is 3.35. The van der Waals surface area contributed by atoms with Crippen molar-refractivity contribution in [3.63, 3.8) is 0 Å². The lowest BCUT2D eigenvalue weighted by Crippen LogP contribution is -2.50. The fourth-order valence-corrected chi connectivity index (χ4v) is 7.08. The van der Waals surface area contributed by atoms with Crippen molar-refractivity contribution in [2.24, 2.45) is 34.5 Å². The van der Waals surface area contributed by atoms with Crippen molar-refractivity contribution in [1.82, 2.24) is 0 Å². The van der Waals surface area contributed by atoms with Gasteiger partial charge in [0.15, 0.2) is 5.78 Å². The summed E-state index contributed by atoms with van der Waals surface area (Å²) in [6.07, 6.45) is 12.1. The van der Waals surface area contributed by atoms with Crippen LogP contribution in [0.1, 0.15) is 65.7 Å². The summed E-state index contributed by atoms with van der Waals surface area (Å²) in [5.41, 5.74) is 1.43. The van der Waals surface area contributed by atoms with Gasteiger partial charge >= 0.3 is 0 Å². The molecule has 0 aromatic rings. The summed E-state index contributed by atoms with van der Waals surface area (Å²) in [7, 11) is 0. The highest BCUT2D eigenvalue weighted by molar-refractivity contribution is 6.01. The number of fused-ring (bicyclic) bond motifs is 5. The van der Waals surface area contributed by atoms with E-state index < -0.39 is 0 Å². The third-order valence-electron chi connectivity index (χ3n) is 8.41. The minimum Gasteiger partial charge on any atom is -0.511 e. The SMILES string of the molecule is CC[C@H]1CC[C@H]2[C@@H]3CCC4=CC(=O)C=C(O)[C@]4(C)[C@H]3CC[C@]12C. The Labute approximate surface area is 140 Å². The van der Waals surface area contributed by atoms with Crippen molar-refractivity contribution < 1.29 is 9.90 Å². The van der Waals surface area contributed by atoms with Gasteiger partial charge in [0, 0.05) is 11.5 Å². The van der Waals surface area contributed by atoms with Crippen molar-refractivity contribution in [2.45, 2.75) is 65.7 Å². The number of aliphatic hydroxyl groups excluding tert-OH is 1. The zero-order valence-electron chi connectivity index (χ0n) is 14.8. The Hall–Kier alpha value is -1.05. The van der Waals surface area contributed by atoms with Crippen molar-refractivity contribution in [3.05, 3.63) is 23.5 Å². The molecule has 0 aliphatic heterocycles. The van der Waals surface area contributed by atoms with E-state index in [0.29, 0.717) is 17.1 Å². The van der Waals surface area contributed by atoms with Crippen molar-refractivity contribution in [3.8, 4) is 0 Å². The lowest BCUT2D eigenvalue weighted by molar-refractivity contribution is -0.111. The molecule has 0 aromatic heterocycles. The normalized spacial score (nSPS) is 48.9. The summed E-state index contributed by atoms with van der Waals surface area (Å²) in [4.78, 5) is 11.8.